The van der Waals surface area contributed by atoms with E-state index >= 15 is 0 Å². The number of hydrogen-bond donors (Lipinski definition) is 1. The van der Waals surface area contributed by atoms with Crippen LogP contribution in [0, 0.1) is 5.92 Å². The topological polar surface area (TPSA) is 55.4 Å². The maximum absolute atomic E-state index is 11.7. The highest BCUT2D eigenvalue weighted by molar-refractivity contribution is 5.88. The summed E-state index contributed by atoms with van der Waals surface area (Å²) in [5.41, 5.74) is -0.562. The van der Waals surface area contributed by atoms with Crippen molar-refractivity contribution in [2.75, 3.05) is 0 Å². The van der Waals surface area contributed by atoms with E-state index in [0.717, 1.165) is 0 Å². The molecule has 0 aliphatic carbocycles. The van der Waals surface area contributed by atoms with E-state index in [1.165, 1.54) is 6.08 Å². The molecule has 1 unspecified atom stereocenters. The Hall–Kier alpha value is -1.32. The number of carbonyl (C=O) groups is 2. The van der Waals surface area contributed by atoms with Crippen molar-refractivity contribution < 1.29 is 14.3 Å². The molecule has 1 N–H and O–H groups in total. The number of alkyl carbamates (subject to hydrolysis) is 1. The van der Waals surface area contributed by atoms with Crippen LogP contribution < -0.4 is 5.32 Å². The van der Waals surface area contributed by atoms with Crippen LogP contribution in [0.2, 0.25) is 0 Å². The van der Waals surface area contributed by atoms with Crippen LogP contribution in [-0.2, 0) is 9.53 Å². The largest absolute Gasteiger partial charge is 0.444 e. The zero-order valence-electron chi connectivity index (χ0n) is 11.4. The normalized spacial score (nSPS) is 13.1. The monoisotopic (exact) mass is 241 g/mol. The zero-order chi connectivity index (χ0) is 13.6. The fourth-order valence-electron chi connectivity index (χ4n) is 1.32. The van der Waals surface area contributed by atoms with E-state index in [9.17, 15) is 9.59 Å². The fraction of sp³-hybridized carbons (Fsp3) is 0.692. The summed E-state index contributed by atoms with van der Waals surface area (Å²) in [5.74, 6) is -0.0316. The van der Waals surface area contributed by atoms with Gasteiger partial charge in [-0.1, -0.05) is 19.9 Å². The molecule has 0 bridgehead atoms. The maximum Gasteiger partial charge on any atom is 0.408 e. The predicted molar refractivity (Wildman–Crippen MR) is 67.8 cm³/mol. The Morgan fingerprint density at radius 2 is 1.88 bits per heavy atom. The molecule has 4 heteroatoms. The van der Waals surface area contributed by atoms with Crippen molar-refractivity contribution in [2.45, 2.75) is 52.7 Å². The molecule has 0 aromatic rings. The standard InChI is InChI=1S/C13H23NO3/c1-7-8-10(15)11(9(2)3)14-12(16)17-13(4,5)6/h7,9,11H,1,8H2,2-6H3,(H,14,16). The molecular weight excluding hydrogens is 218 g/mol. The van der Waals surface area contributed by atoms with Gasteiger partial charge in [0.1, 0.15) is 5.60 Å². The molecule has 17 heavy (non-hydrogen) atoms. The number of carbonyl (C=O) groups excluding carboxylic acids is 2. The third-order valence-electron chi connectivity index (χ3n) is 2.03. The summed E-state index contributed by atoms with van der Waals surface area (Å²) in [6.07, 6.45) is 1.22. The first kappa shape index (κ1) is 15.7. The summed E-state index contributed by atoms with van der Waals surface area (Å²) in [7, 11) is 0. The molecular formula is C13H23NO3. The van der Waals surface area contributed by atoms with Gasteiger partial charge in [0.15, 0.2) is 5.78 Å². The smallest absolute Gasteiger partial charge is 0.408 e. The molecule has 4 nitrogen and oxygen atoms in total. The highest BCUT2D eigenvalue weighted by atomic mass is 16.6. The van der Waals surface area contributed by atoms with Crippen molar-refractivity contribution in [2.24, 2.45) is 5.92 Å². The number of rotatable bonds is 5. The Morgan fingerprint density at radius 1 is 1.35 bits per heavy atom. The van der Waals surface area contributed by atoms with Crippen molar-refractivity contribution >= 4 is 11.9 Å². The Kier molecular flexibility index (Phi) is 5.93. The van der Waals surface area contributed by atoms with E-state index in [1.54, 1.807) is 20.8 Å². The molecule has 98 valence electrons. The molecule has 0 aromatic heterocycles. The van der Waals surface area contributed by atoms with Gasteiger partial charge in [0.05, 0.1) is 6.04 Å². The first-order valence-electron chi connectivity index (χ1n) is 5.80. The van der Waals surface area contributed by atoms with Gasteiger partial charge in [-0.3, -0.25) is 4.79 Å². The summed E-state index contributed by atoms with van der Waals surface area (Å²) >= 11 is 0. The minimum Gasteiger partial charge on any atom is -0.444 e. The second-order valence-electron chi connectivity index (χ2n) is 5.33. The van der Waals surface area contributed by atoms with Crippen LogP contribution in [0.25, 0.3) is 0 Å². The average Bonchev–Trinajstić information content (AvgIpc) is 2.11. The van der Waals surface area contributed by atoms with E-state index in [2.05, 4.69) is 11.9 Å². The van der Waals surface area contributed by atoms with Crippen molar-refractivity contribution in [3.05, 3.63) is 12.7 Å². The van der Waals surface area contributed by atoms with Crippen molar-refractivity contribution in [3.63, 3.8) is 0 Å². The Balaban J connectivity index is 4.50. The van der Waals surface area contributed by atoms with Crippen LogP contribution in [0.15, 0.2) is 12.7 Å². The molecule has 0 heterocycles. The highest BCUT2D eigenvalue weighted by Gasteiger charge is 2.25. The summed E-state index contributed by atoms with van der Waals surface area (Å²) in [4.78, 5) is 23.3. The molecule has 0 radical (unpaired) electrons. The summed E-state index contributed by atoms with van der Waals surface area (Å²) in [5, 5.41) is 2.60. The first-order chi connectivity index (χ1) is 7.67. The average molecular weight is 241 g/mol. The molecule has 1 amide bonds. The zero-order valence-corrected chi connectivity index (χ0v) is 11.4. The van der Waals surface area contributed by atoms with Crippen molar-refractivity contribution in [1.29, 1.82) is 0 Å². The minimum absolute atomic E-state index is 0.0231. The molecule has 0 saturated carbocycles. The number of ether oxygens (including phenoxy) is 1. The van der Waals surface area contributed by atoms with E-state index < -0.39 is 17.7 Å². The maximum atomic E-state index is 11.7. The van der Waals surface area contributed by atoms with Gasteiger partial charge >= 0.3 is 6.09 Å². The van der Waals surface area contributed by atoms with Crippen molar-refractivity contribution in [1.82, 2.24) is 5.32 Å². The molecule has 1 atom stereocenters. The van der Waals surface area contributed by atoms with E-state index in [-0.39, 0.29) is 18.1 Å². The van der Waals surface area contributed by atoms with Crippen LogP contribution in [0.4, 0.5) is 4.79 Å². The molecule has 0 fully saturated rings. The van der Waals surface area contributed by atoms with Crippen LogP contribution >= 0.6 is 0 Å². The number of amides is 1. The van der Waals surface area contributed by atoms with Crippen LogP contribution in [0.5, 0.6) is 0 Å². The first-order valence-corrected chi connectivity index (χ1v) is 5.80. The van der Waals surface area contributed by atoms with Gasteiger partial charge in [-0.2, -0.15) is 0 Å². The quantitative estimate of drug-likeness (QED) is 0.753. The Bertz CT molecular complexity index is 290. The highest BCUT2D eigenvalue weighted by Crippen LogP contribution is 2.10. The van der Waals surface area contributed by atoms with Gasteiger partial charge < -0.3 is 10.1 Å². The van der Waals surface area contributed by atoms with Gasteiger partial charge in [0.2, 0.25) is 0 Å². The number of Topliss-reactive ketones (excluding diaryl/α,β-unsaturated/α-hetero) is 1. The third kappa shape index (κ3) is 6.76. The third-order valence-corrected chi connectivity index (χ3v) is 2.03. The van der Waals surface area contributed by atoms with Gasteiger partial charge in [-0.05, 0) is 26.7 Å². The van der Waals surface area contributed by atoms with E-state index in [1.807, 2.05) is 13.8 Å². The Morgan fingerprint density at radius 3 is 2.24 bits per heavy atom. The molecule has 0 rings (SSSR count). The molecule has 0 aliphatic rings. The van der Waals surface area contributed by atoms with Gasteiger partial charge in [0.25, 0.3) is 0 Å². The van der Waals surface area contributed by atoms with Gasteiger partial charge in [0, 0.05) is 6.42 Å². The summed E-state index contributed by atoms with van der Waals surface area (Å²) in [6.45, 7) is 12.6. The predicted octanol–water partition coefficient (Wildman–Crippen LogP) is 2.68. The molecule has 0 aliphatic heterocycles. The Labute approximate surface area is 103 Å². The van der Waals surface area contributed by atoms with E-state index in [4.69, 9.17) is 4.74 Å². The van der Waals surface area contributed by atoms with Crippen LogP contribution in [0.3, 0.4) is 0 Å². The second-order valence-corrected chi connectivity index (χ2v) is 5.33. The van der Waals surface area contributed by atoms with Crippen LogP contribution in [0.1, 0.15) is 41.0 Å². The number of allylic oxidation sites excluding steroid dienone is 1. The molecule has 0 spiro atoms. The van der Waals surface area contributed by atoms with Crippen molar-refractivity contribution in [3.8, 4) is 0 Å². The fourth-order valence-corrected chi connectivity index (χ4v) is 1.32. The van der Waals surface area contributed by atoms with Crippen LogP contribution in [-0.4, -0.2) is 23.5 Å². The van der Waals surface area contributed by atoms with Gasteiger partial charge in [-0.25, -0.2) is 4.79 Å². The van der Waals surface area contributed by atoms with E-state index in [0.29, 0.717) is 0 Å². The molecule has 0 saturated heterocycles. The number of hydrogen-bond acceptors (Lipinski definition) is 3. The summed E-state index contributed by atoms with van der Waals surface area (Å²) in [6, 6.07) is -0.525. The second kappa shape index (κ2) is 6.42. The SMILES string of the molecule is C=CCC(=O)C(NC(=O)OC(C)(C)C)C(C)C. The summed E-state index contributed by atoms with van der Waals surface area (Å²) < 4.78 is 5.12. The lowest BCUT2D eigenvalue weighted by atomic mass is 9.98. The van der Waals surface area contributed by atoms with Gasteiger partial charge in [-0.15, -0.1) is 6.58 Å². The number of ketones is 1. The lowest BCUT2D eigenvalue weighted by molar-refractivity contribution is -0.121. The minimum atomic E-state index is -0.562. The lowest BCUT2D eigenvalue weighted by Gasteiger charge is -2.24. The number of nitrogens with one attached hydrogen (secondary N) is 1. The molecule has 0 aromatic carbocycles. The lowest BCUT2D eigenvalue weighted by Crippen LogP contribution is -2.46.